The number of hydrogen-bond donors (Lipinski definition) is 0. The van der Waals surface area contributed by atoms with E-state index in [4.69, 9.17) is 4.42 Å². The van der Waals surface area contributed by atoms with E-state index in [1.54, 1.807) is 12.5 Å². The van der Waals surface area contributed by atoms with Crippen LogP contribution in [0.1, 0.15) is 11.3 Å². The molecule has 1 aromatic carbocycles. The summed E-state index contributed by atoms with van der Waals surface area (Å²) in [7, 11) is 0. The average molecular weight is 211 g/mol. The van der Waals surface area contributed by atoms with Crippen molar-refractivity contribution in [3.8, 4) is 0 Å². The molecular weight excluding hydrogens is 198 g/mol. The fourth-order valence-corrected chi connectivity index (χ4v) is 1.33. The third-order valence-corrected chi connectivity index (χ3v) is 2.11. The molecule has 1 aromatic heterocycles. The minimum absolute atomic E-state index is 0.712. The van der Waals surface area contributed by atoms with E-state index in [9.17, 15) is 0 Å². The van der Waals surface area contributed by atoms with Gasteiger partial charge in [0.15, 0.2) is 0 Å². The second-order valence-corrected chi connectivity index (χ2v) is 3.35. The molecule has 0 fully saturated rings. The van der Waals surface area contributed by atoms with Crippen molar-refractivity contribution < 1.29 is 4.42 Å². The molecular formula is C14H13NO. The molecule has 0 aliphatic carbocycles. The summed E-state index contributed by atoms with van der Waals surface area (Å²) in [6.45, 7) is 0.712. The van der Waals surface area contributed by atoms with Crippen molar-refractivity contribution in [3.05, 3.63) is 66.1 Å². The highest BCUT2D eigenvalue weighted by Gasteiger charge is 1.86. The van der Waals surface area contributed by atoms with E-state index in [1.807, 2.05) is 42.5 Å². The Morgan fingerprint density at radius 1 is 1.06 bits per heavy atom. The lowest BCUT2D eigenvalue weighted by atomic mass is 10.2. The topological polar surface area (TPSA) is 25.5 Å². The highest BCUT2D eigenvalue weighted by atomic mass is 16.3. The second-order valence-electron chi connectivity index (χ2n) is 3.35. The molecule has 16 heavy (non-hydrogen) atoms. The number of aliphatic imine (C=N–C) groups is 1. The predicted octanol–water partition coefficient (Wildman–Crippen LogP) is 3.56. The van der Waals surface area contributed by atoms with Crippen LogP contribution in [0.2, 0.25) is 0 Å². The zero-order valence-electron chi connectivity index (χ0n) is 8.91. The van der Waals surface area contributed by atoms with E-state index >= 15 is 0 Å². The predicted molar refractivity (Wildman–Crippen MR) is 66.4 cm³/mol. The van der Waals surface area contributed by atoms with Crippen LogP contribution in [0.5, 0.6) is 0 Å². The smallest absolute Gasteiger partial charge is 0.126 e. The van der Waals surface area contributed by atoms with Gasteiger partial charge in [-0.15, -0.1) is 0 Å². The van der Waals surface area contributed by atoms with Crippen molar-refractivity contribution in [2.45, 2.75) is 6.54 Å². The van der Waals surface area contributed by atoms with Crippen LogP contribution in [0, 0.1) is 0 Å². The Balaban J connectivity index is 1.83. The highest BCUT2D eigenvalue weighted by molar-refractivity contribution is 5.77. The molecule has 2 aromatic rings. The SMILES string of the molecule is C(=Cc1ccco1)C=NCc1ccccc1. The standard InChI is InChI=1S/C14H13NO/c1-2-6-13(7-3-1)12-15-10-4-8-14-9-5-11-16-14/h1-11H,12H2. The number of hydrogen-bond acceptors (Lipinski definition) is 2. The Bertz CT molecular complexity index is 455. The third kappa shape index (κ3) is 3.24. The molecule has 0 N–H and O–H groups in total. The van der Waals surface area contributed by atoms with Crippen LogP contribution in [0.4, 0.5) is 0 Å². The van der Waals surface area contributed by atoms with Crippen LogP contribution in [0.15, 0.2) is 64.2 Å². The van der Waals surface area contributed by atoms with Crippen molar-refractivity contribution in [2.24, 2.45) is 4.99 Å². The van der Waals surface area contributed by atoms with Crippen LogP contribution >= 0.6 is 0 Å². The van der Waals surface area contributed by atoms with Gasteiger partial charge in [-0.25, -0.2) is 0 Å². The molecule has 80 valence electrons. The summed E-state index contributed by atoms with van der Waals surface area (Å²) in [5.74, 6) is 0.839. The Hall–Kier alpha value is -2.09. The summed E-state index contributed by atoms with van der Waals surface area (Å²) in [5.41, 5.74) is 1.21. The highest BCUT2D eigenvalue weighted by Crippen LogP contribution is 2.02. The van der Waals surface area contributed by atoms with Crippen molar-refractivity contribution in [1.29, 1.82) is 0 Å². The Morgan fingerprint density at radius 2 is 1.94 bits per heavy atom. The molecule has 0 bridgehead atoms. The van der Waals surface area contributed by atoms with Crippen molar-refractivity contribution in [1.82, 2.24) is 0 Å². The summed E-state index contributed by atoms with van der Waals surface area (Å²) in [5, 5.41) is 0. The van der Waals surface area contributed by atoms with E-state index in [2.05, 4.69) is 17.1 Å². The summed E-state index contributed by atoms with van der Waals surface area (Å²) < 4.78 is 5.15. The maximum Gasteiger partial charge on any atom is 0.126 e. The van der Waals surface area contributed by atoms with Crippen molar-refractivity contribution in [3.63, 3.8) is 0 Å². The van der Waals surface area contributed by atoms with E-state index in [0.29, 0.717) is 6.54 Å². The van der Waals surface area contributed by atoms with Gasteiger partial charge in [0.1, 0.15) is 5.76 Å². The first-order valence-corrected chi connectivity index (χ1v) is 5.19. The molecule has 0 saturated heterocycles. The van der Waals surface area contributed by atoms with Crippen LogP contribution in [-0.4, -0.2) is 6.21 Å². The molecule has 0 saturated carbocycles. The van der Waals surface area contributed by atoms with Gasteiger partial charge in [0, 0.05) is 6.21 Å². The van der Waals surface area contributed by atoms with Gasteiger partial charge in [0.05, 0.1) is 12.8 Å². The first kappa shape index (κ1) is 10.4. The zero-order chi connectivity index (χ0) is 11.1. The largest absolute Gasteiger partial charge is 0.465 e. The average Bonchev–Trinajstić information content (AvgIpc) is 2.83. The fraction of sp³-hybridized carbons (Fsp3) is 0.0714. The van der Waals surface area contributed by atoms with Crippen molar-refractivity contribution in [2.75, 3.05) is 0 Å². The van der Waals surface area contributed by atoms with Crippen molar-refractivity contribution >= 4 is 12.3 Å². The van der Waals surface area contributed by atoms with Gasteiger partial charge in [-0.2, -0.15) is 0 Å². The van der Waals surface area contributed by atoms with E-state index in [-0.39, 0.29) is 0 Å². The molecule has 2 rings (SSSR count). The second kappa shape index (κ2) is 5.71. The number of allylic oxidation sites excluding steroid dienone is 1. The first-order chi connectivity index (χ1) is 7.95. The molecule has 0 atom stereocenters. The minimum Gasteiger partial charge on any atom is -0.465 e. The molecule has 0 radical (unpaired) electrons. The Morgan fingerprint density at radius 3 is 2.69 bits per heavy atom. The summed E-state index contributed by atoms with van der Waals surface area (Å²) in [4.78, 5) is 4.29. The normalized spacial score (nSPS) is 11.5. The van der Waals surface area contributed by atoms with E-state index in [0.717, 1.165) is 5.76 Å². The maximum atomic E-state index is 5.15. The van der Waals surface area contributed by atoms with Crippen LogP contribution in [0.25, 0.3) is 6.08 Å². The Labute approximate surface area is 94.9 Å². The quantitative estimate of drug-likeness (QED) is 0.710. The van der Waals surface area contributed by atoms with Gasteiger partial charge in [0.2, 0.25) is 0 Å². The van der Waals surface area contributed by atoms with Crippen LogP contribution in [0.3, 0.4) is 0 Å². The first-order valence-electron chi connectivity index (χ1n) is 5.19. The molecule has 0 amide bonds. The maximum absolute atomic E-state index is 5.15. The number of benzene rings is 1. The minimum atomic E-state index is 0.712. The lowest BCUT2D eigenvalue weighted by Crippen LogP contribution is -1.79. The van der Waals surface area contributed by atoms with Gasteiger partial charge >= 0.3 is 0 Å². The molecule has 0 aliphatic heterocycles. The van der Waals surface area contributed by atoms with E-state index < -0.39 is 0 Å². The lowest BCUT2D eigenvalue weighted by Gasteiger charge is -1.92. The molecule has 2 heteroatoms. The van der Waals surface area contributed by atoms with Gasteiger partial charge < -0.3 is 4.42 Å². The summed E-state index contributed by atoms with van der Waals surface area (Å²) >= 11 is 0. The zero-order valence-corrected chi connectivity index (χ0v) is 8.91. The van der Waals surface area contributed by atoms with Gasteiger partial charge in [-0.05, 0) is 29.8 Å². The fourth-order valence-electron chi connectivity index (χ4n) is 1.33. The van der Waals surface area contributed by atoms with Gasteiger partial charge in [0.25, 0.3) is 0 Å². The van der Waals surface area contributed by atoms with Gasteiger partial charge in [-0.1, -0.05) is 30.3 Å². The third-order valence-electron chi connectivity index (χ3n) is 2.11. The molecule has 1 heterocycles. The lowest BCUT2D eigenvalue weighted by molar-refractivity contribution is 0.557. The molecule has 0 unspecified atom stereocenters. The monoisotopic (exact) mass is 211 g/mol. The summed E-state index contributed by atoms with van der Waals surface area (Å²) in [6, 6.07) is 13.9. The number of rotatable bonds is 4. The number of nitrogens with zero attached hydrogens (tertiary/aromatic N) is 1. The Kier molecular flexibility index (Phi) is 3.72. The van der Waals surface area contributed by atoms with E-state index in [1.165, 1.54) is 5.56 Å². The van der Waals surface area contributed by atoms with Gasteiger partial charge in [-0.3, -0.25) is 4.99 Å². The molecule has 2 nitrogen and oxygen atoms in total. The molecule has 0 spiro atoms. The molecule has 0 aliphatic rings. The van der Waals surface area contributed by atoms with Crippen LogP contribution < -0.4 is 0 Å². The van der Waals surface area contributed by atoms with Crippen LogP contribution in [-0.2, 0) is 6.54 Å². The summed E-state index contributed by atoms with van der Waals surface area (Å²) in [6.07, 6.45) is 7.20. The number of furan rings is 1.